The van der Waals surface area contributed by atoms with Gasteiger partial charge in [0.25, 0.3) is 16.0 Å². The minimum Gasteiger partial charge on any atom is -0.467 e. The maximum atomic E-state index is 12.6. The fourth-order valence-corrected chi connectivity index (χ4v) is 4.78. The Bertz CT molecular complexity index is 888. The van der Waals surface area contributed by atoms with Gasteiger partial charge in [0.15, 0.2) is 6.04 Å². The Morgan fingerprint density at radius 3 is 2.61 bits per heavy atom. The van der Waals surface area contributed by atoms with Crippen LogP contribution in [0.5, 0.6) is 0 Å². The number of esters is 1. The van der Waals surface area contributed by atoms with E-state index in [1.54, 1.807) is 23.5 Å². The summed E-state index contributed by atoms with van der Waals surface area (Å²) in [6, 6.07) is 5.59. The molecule has 1 aromatic rings. The lowest BCUT2D eigenvalue weighted by Crippen LogP contribution is -2.90. The molecule has 2 fully saturated rings. The molecule has 10 heteroatoms. The van der Waals surface area contributed by atoms with Crippen LogP contribution in [-0.2, 0) is 28.6 Å². The summed E-state index contributed by atoms with van der Waals surface area (Å²) in [7, 11) is -2.65. The summed E-state index contributed by atoms with van der Waals surface area (Å²) in [6.07, 6.45) is 1.65. The van der Waals surface area contributed by atoms with E-state index in [1.807, 2.05) is 0 Å². The van der Waals surface area contributed by atoms with Crippen molar-refractivity contribution in [1.29, 1.82) is 0 Å². The van der Waals surface area contributed by atoms with Gasteiger partial charge >= 0.3 is 5.97 Å². The number of amides is 1. The molecule has 0 aromatic heterocycles. The van der Waals surface area contributed by atoms with Crippen LogP contribution < -0.4 is 10.6 Å². The quantitative estimate of drug-likeness (QED) is 0.329. The minimum absolute atomic E-state index is 0.0556. The number of quaternary nitrogens is 1. The van der Waals surface area contributed by atoms with Gasteiger partial charge in [0.1, 0.15) is 18.2 Å². The molecule has 1 saturated carbocycles. The number of benzene rings is 1. The van der Waals surface area contributed by atoms with Crippen LogP contribution in [0.2, 0.25) is 0 Å². The monoisotopic (exact) mass is 473 g/mol. The van der Waals surface area contributed by atoms with Crippen molar-refractivity contribution in [3.63, 3.8) is 0 Å². The van der Waals surface area contributed by atoms with Crippen molar-refractivity contribution in [2.45, 2.75) is 35.4 Å². The zero-order valence-corrected chi connectivity index (χ0v) is 17.7. The Morgan fingerprint density at radius 2 is 2.04 bits per heavy atom. The fourth-order valence-electron chi connectivity index (χ4n) is 3.42. The molecule has 2 aliphatic rings. The van der Waals surface area contributed by atoms with Gasteiger partial charge in [-0.15, -0.1) is 6.58 Å². The Balaban J connectivity index is 1.60. The van der Waals surface area contributed by atoms with Gasteiger partial charge in [-0.25, -0.2) is 4.79 Å². The molecule has 0 unspecified atom stereocenters. The largest absolute Gasteiger partial charge is 0.467 e. The van der Waals surface area contributed by atoms with Gasteiger partial charge in [-0.1, -0.05) is 22.0 Å². The number of ether oxygens (including phenoxy) is 1. The van der Waals surface area contributed by atoms with Gasteiger partial charge in [-0.2, -0.15) is 8.42 Å². The Hall–Kier alpha value is -1.75. The van der Waals surface area contributed by atoms with Crippen LogP contribution in [0, 0.1) is 5.92 Å². The fraction of sp³-hybridized carbons (Fsp3) is 0.444. The van der Waals surface area contributed by atoms with Gasteiger partial charge in [-0.05, 0) is 30.7 Å². The molecular formula is C18H22BrN2O6S+. The molecule has 3 N–H and O–H groups in total. The highest BCUT2D eigenvalue weighted by molar-refractivity contribution is 9.10. The molecule has 1 aromatic carbocycles. The lowest BCUT2D eigenvalue weighted by atomic mass is 10.1. The first kappa shape index (κ1) is 21.0. The third kappa shape index (κ3) is 4.14. The number of methoxy groups -OCH3 is 1. The van der Waals surface area contributed by atoms with Crippen molar-refractivity contribution in [3.05, 3.63) is 41.4 Å². The third-order valence-corrected chi connectivity index (χ3v) is 7.00. The number of carbonyl (C=O) groups excluding carboxylic acids is 2. The second kappa shape index (κ2) is 7.94. The number of halogens is 1. The lowest BCUT2D eigenvalue weighted by molar-refractivity contribution is -0.659. The van der Waals surface area contributed by atoms with Gasteiger partial charge in [0, 0.05) is 16.8 Å². The molecule has 1 aliphatic carbocycles. The van der Waals surface area contributed by atoms with Crippen LogP contribution in [0.3, 0.4) is 0 Å². The first-order valence-electron chi connectivity index (χ1n) is 8.77. The first-order chi connectivity index (χ1) is 13.2. The van der Waals surface area contributed by atoms with Crippen LogP contribution in [0.4, 0.5) is 0 Å². The molecule has 4 atom stereocenters. The standard InChI is InChI=1S/C18H21BrN2O6S/c1-3-11-9-18(11,17(23)26-2)21-16(22)15-8-13(10-20-15)27-28(24,25)14-6-4-12(19)5-7-14/h3-7,11,13,15,20H,1,8-10H2,2H3,(H,21,22)/p+1/t11-,13+,15+,18-/m1/s1. The Morgan fingerprint density at radius 1 is 1.36 bits per heavy atom. The highest BCUT2D eigenvalue weighted by Gasteiger charge is 2.61. The molecule has 3 rings (SSSR count). The summed E-state index contributed by atoms with van der Waals surface area (Å²) in [5, 5.41) is 4.47. The number of rotatable bonds is 7. The van der Waals surface area contributed by atoms with Gasteiger partial charge in [-0.3, -0.25) is 8.98 Å². The average molecular weight is 474 g/mol. The zero-order chi connectivity index (χ0) is 20.5. The summed E-state index contributed by atoms with van der Waals surface area (Å²) in [5.41, 5.74) is -1.07. The predicted molar refractivity (Wildman–Crippen MR) is 103 cm³/mol. The van der Waals surface area contributed by atoms with E-state index < -0.39 is 33.8 Å². The molecule has 1 saturated heterocycles. The summed E-state index contributed by atoms with van der Waals surface area (Å²) in [6.45, 7) is 3.99. The number of nitrogens with two attached hydrogens (primary N) is 1. The molecule has 152 valence electrons. The molecule has 8 nitrogen and oxygen atoms in total. The average Bonchev–Trinajstić information content (AvgIpc) is 3.18. The van der Waals surface area contributed by atoms with E-state index in [4.69, 9.17) is 8.92 Å². The Kier molecular flexibility index (Phi) is 5.95. The highest BCUT2D eigenvalue weighted by atomic mass is 79.9. The first-order valence-corrected chi connectivity index (χ1v) is 11.0. The number of hydrogen-bond acceptors (Lipinski definition) is 6. The van der Waals surface area contributed by atoms with Crippen LogP contribution >= 0.6 is 15.9 Å². The molecule has 1 aliphatic heterocycles. The van der Waals surface area contributed by atoms with Crippen LogP contribution in [0.15, 0.2) is 46.3 Å². The molecule has 1 amide bonds. The Labute approximate surface area is 171 Å². The SMILES string of the molecule is C=C[C@@H]1C[C@]1(NC(=O)[C@@H]1C[C@H](OS(=O)(=O)c2ccc(Br)cc2)C[NH2+]1)C(=O)OC. The van der Waals surface area contributed by atoms with Crippen molar-refractivity contribution >= 4 is 37.9 Å². The number of nitrogens with one attached hydrogen (secondary N) is 1. The van der Waals surface area contributed by atoms with E-state index in [2.05, 4.69) is 27.8 Å². The maximum Gasteiger partial charge on any atom is 0.332 e. The van der Waals surface area contributed by atoms with Crippen molar-refractivity contribution in [2.75, 3.05) is 13.7 Å². The predicted octanol–water partition coefficient (Wildman–Crippen LogP) is 0.0926. The van der Waals surface area contributed by atoms with Gasteiger partial charge < -0.3 is 15.4 Å². The van der Waals surface area contributed by atoms with E-state index in [0.717, 1.165) is 4.47 Å². The summed E-state index contributed by atoms with van der Waals surface area (Å²) in [4.78, 5) is 24.7. The summed E-state index contributed by atoms with van der Waals surface area (Å²) < 4.78 is 35.7. The maximum absolute atomic E-state index is 12.6. The molecule has 0 radical (unpaired) electrons. The second-order valence-corrected chi connectivity index (χ2v) is 9.43. The normalized spacial score (nSPS) is 29.1. The van der Waals surface area contributed by atoms with Crippen LogP contribution in [0.1, 0.15) is 12.8 Å². The van der Waals surface area contributed by atoms with Crippen LogP contribution in [0.25, 0.3) is 0 Å². The zero-order valence-electron chi connectivity index (χ0n) is 15.3. The van der Waals surface area contributed by atoms with E-state index in [1.165, 1.54) is 19.2 Å². The number of carbonyl (C=O) groups is 2. The third-order valence-electron chi connectivity index (χ3n) is 5.10. The molecule has 0 spiro atoms. The molecule has 1 heterocycles. The smallest absolute Gasteiger partial charge is 0.332 e. The van der Waals surface area contributed by atoms with E-state index in [9.17, 15) is 18.0 Å². The molecule has 0 bridgehead atoms. The van der Waals surface area contributed by atoms with Crippen molar-refractivity contribution < 1.29 is 32.2 Å². The lowest BCUT2D eigenvalue weighted by Gasteiger charge is -2.17. The van der Waals surface area contributed by atoms with Crippen LogP contribution in [-0.4, -0.2) is 51.6 Å². The summed E-state index contributed by atoms with van der Waals surface area (Å²) >= 11 is 3.25. The van der Waals surface area contributed by atoms with E-state index in [-0.39, 0.29) is 23.1 Å². The van der Waals surface area contributed by atoms with Gasteiger partial charge in [0.2, 0.25) is 0 Å². The van der Waals surface area contributed by atoms with E-state index >= 15 is 0 Å². The van der Waals surface area contributed by atoms with Crippen molar-refractivity contribution in [1.82, 2.24) is 5.32 Å². The second-order valence-electron chi connectivity index (χ2n) is 6.94. The minimum atomic E-state index is -3.92. The topological polar surface area (TPSA) is 115 Å². The molecular weight excluding hydrogens is 452 g/mol. The number of hydrogen-bond donors (Lipinski definition) is 2. The van der Waals surface area contributed by atoms with E-state index in [0.29, 0.717) is 13.0 Å². The van der Waals surface area contributed by atoms with Gasteiger partial charge in [0.05, 0.1) is 12.0 Å². The van der Waals surface area contributed by atoms with Crippen molar-refractivity contribution in [3.8, 4) is 0 Å². The van der Waals surface area contributed by atoms with Crippen molar-refractivity contribution in [2.24, 2.45) is 5.92 Å². The summed E-state index contributed by atoms with van der Waals surface area (Å²) in [5.74, 6) is -1.02. The molecule has 28 heavy (non-hydrogen) atoms. The highest BCUT2D eigenvalue weighted by Crippen LogP contribution is 2.45.